The lowest BCUT2D eigenvalue weighted by Gasteiger charge is -2.22. The second-order valence-electron chi connectivity index (χ2n) is 5.94. The van der Waals surface area contributed by atoms with Crippen molar-refractivity contribution >= 4 is 17.5 Å². The number of carbonyl (C=O) groups excluding carboxylic acids is 1. The maximum Gasteiger partial charge on any atom is 0.242 e. The molecule has 0 aromatic heterocycles. The molecule has 1 amide bonds. The molecule has 1 aromatic rings. The van der Waals surface area contributed by atoms with E-state index >= 15 is 0 Å². The number of aliphatic hydroxyl groups is 1. The lowest BCUT2D eigenvalue weighted by molar-refractivity contribution is -0.121. The lowest BCUT2D eigenvalue weighted by atomic mass is 9.89. The number of nitrogens with one attached hydrogen (secondary N) is 1. The minimum absolute atomic E-state index is 0.0317. The molecule has 4 heteroatoms. The summed E-state index contributed by atoms with van der Waals surface area (Å²) >= 11 is 6.08. The summed E-state index contributed by atoms with van der Waals surface area (Å²) in [4.78, 5) is 11.9. The summed E-state index contributed by atoms with van der Waals surface area (Å²) < 4.78 is 0. The zero-order valence-electron chi connectivity index (χ0n) is 11.7. The molecule has 106 valence electrons. The normalized spacial score (nSPS) is 14.8. The van der Waals surface area contributed by atoms with Crippen molar-refractivity contribution < 1.29 is 9.90 Å². The first-order valence-corrected chi connectivity index (χ1v) is 6.88. The average Bonchev–Trinajstić information content (AvgIpc) is 2.34. The fourth-order valence-electron chi connectivity index (χ4n) is 1.86. The fourth-order valence-corrected chi connectivity index (χ4v) is 2.08. The summed E-state index contributed by atoms with van der Waals surface area (Å²) in [5, 5.41) is 11.8. The van der Waals surface area contributed by atoms with Gasteiger partial charge in [0.2, 0.25) is 5.91 Å². The van der Waals surface area contributed by atoms with Crippen molar-refractivity contribution in [1.29, 1.82) is 0 Å². The van der Waals surface area contributed by atoms with Crippen molar-refractivity contribution in [1.82, 2.24) is 5.32 Å². The van der Waals surface area contributed by atoms with E-state index in [0.717, 1.165) is 5.56 Å². The highest BCUT2D eigenvalue weighted by Crippen LogP contribution is 2.22. The molecule has 19 heavy (non-hydrogen) atoms. The van der Waals surface area contributed by atoms with Crippen molar-refractivity contribution in [3.63, 3.8) is 0 Å². The number of amides is 1. The van der Waals surface area contributed by atoms with Crippen LogP contribution in [-0.4, -0.2) is 23.7 Å². The van der Waals surface area contributed by atoms with E-state index in [-0.39, 0.29) is 17.9 Å². The Kier molecular flexibility index (Phi) is 5.83. The smallest absolute Gasteiger partial charge is 0.242 e. The van der Waals surface area contributed by atoms with Gasteiger partial charge in [-0.15, -0.1) is 11.6 Å². The summed E-state index contributed by atoms with van der Waals surface area (Å²) in [6.45, 7) is 6.37. The van der Waals surface area contributed by atoms with Crippen LogP contribution in [0.1, 0.15) is 38.1 Å². The minimum Gasteiger partial charge on any atom is -0.391 e. The summed E-state index contributed by atoms with van der Waals surface area (Å²) in [6, 6.07) is 9.17. The zero-order chi connectivity index (χ0) is 14.5. The monoisotopic (exact) mass is 283 g/mol. The number of rotatable bonds is 5. The highest BCUT2D eigenvalue weighted by molar-refractivity contribution is 6.30. The van der Waals surface area contributed by atoms with Gasteiger partial charge >= 0.3 is 0 Å². The van der Waals surface area contributed by atoms with E-state index in [1.807, 2.05) is 51.1 Å². The van der Waals surface area contributed by atoms with Crippen molar-refractivity contribution in [3.8, 4) is 0 Å². The van der Waals surface area contributed by atoms with Crippen LogP contribution in [0.2, 0.25) is 0 Å². The average molecular weight is 284 g/mol. The Hall–Kier alpha value is -1.06. The molecule has 0 aliphatic heterocycles. The van der Waals surface area contributed by atoms with E-state index in [1.54, 1.807) is 0 Å². The van der Waals surface area contributed by atoms with E-state index in [2.05, 4.69) is 5.32 Å². The van der Waals surface area contributed by atoms with Crippen LogP contribution < -0.4 is 5.32 Å². The van der Waals surface area contributed by atoms with Gasteiger partial charge in [0, 0.05) is 6.54 Å². The Morgan fingerprint density at radius 1 is 1.32 bits per heavy atom. The van der Waals surface area contributed by atoms with Gasteiger partial charge in [-0.25, -0.2) is 0 Å². The highest BCUT2D eigenvalue weighted by atomic mass is 35.5. The number of carbonyl (C=O) groups is 1. The van der Waals surface area contributed by atoms with Gasteiger partial charge in [-0.1, -0.05) is 51.1 Å². The van der Waals surface area contributed by atoms with Crippen molar-refractivity contribution in [2.75, 3.05) is 6.54 Å². The summed E-state index contributed by atoms with van der Waals surface area (Å²) in [6.07, 6.45) is 0.0783. The largest absolute Gasteiger partial charge is 0.391 e. The fraction of sp³-hybridized carbons (Fsp3) is 0.533. The number of benzene rings is 1. The van der Waals surface area contributed by atoms with Gasteiger partial charge in [0.05, 0.1) is 6.10 Å². The zero-order valence-corrected chi connectivity index (χ0v) is 12.4. The number of halogens is 1. The summed E-state index contributed by atoms with van der Waals surface area (Å²) in [5.74, 6) is -0.277. The summed E-state index contributed by atoms with van der Waals surface area (Å²) in [7, 11) is 0. The quantitative estimate of drug-likeness (QED) is 0.817. The van der Waals surface area contributed by atoms with Gasteiger partial charge in [-0.05, 0) is 17.4 Å². The molecule has 1 rings (SSSR count). The van der Waals surface area contributed by atoms with Crippen LogP contribution in [0.15, 0.2) is 30.3 Å². The van der Waals surface area contributed by atoms with Crippen LogP contribution in [0.4, 0.5) is 0 Å². The first kappa shape index (κ1) is 16.0. The first-order valence-electron chi connectivity index (χ1n) is 6.44. The minimum atomic E-state index is -0.719. The molecule has 2 atom stereocenters. The topological polar surface area (TPSA) is 49.3 Å². The third-order valence-electron chi connectivity index (χ3n) is 2.68. The van der Waals surface area contributed by atoms with Crippen LogP contribution >= 0.6 is 11.6 Å². The molecule has 0 fully saturated rings. The molecule has 0 bridgehead atoms. The van der Waals surface area contributed by atoms with E-state index in [9.17, 15) is 9.90 Å². The Bertz CT molecular complexity index is 400. The number of hydrogen-bond donors (Lipinski definition) is 2. The van der Waals surface area contributed by atoms with Crippen LogP contribution in [0, 0.1) is 5.41 Å². The third-order valence-corrected chi connectivity index (χ3v) is 3.13. The molecular weight excluding hydrogens is 262 g/mol. The van der Waals surface area contributed by atoms with E-state index < -0.39 is 11.5 Å². The lowest BCUT2D eigenvalue weighted by Crippen LogP contribution is -2.35. The molecule has 0 saturated carbocycles. The van der Waals surface area contributed by atoms with Crippen molar-refractivity contribution in [2.45, 2.75) is 38.7 Å². The molecule has 0 aliphatic rings. The Balaban J connectivity index is 2.43. The molecule has 0 radical (unpaired) electrons. The van der Waals surface area contributed by atoms with Gasteiger partial charge < -0.3 is 10.4 Å². The molecule has 0 spiro atoms. The highest BCUT2D eigenvalue weighted by Gasteiger charge is 2.20. The van der Waals surface area contributed by atoms with Gasteiger partial charge in [-0.3, -0.25) is 4.79 Å². The SMILES string of the molecule is CC(C)(C)CC(O)CNC(=O)C(Cl)c1ccccc1. The molecule has 0 aliphatic carbocycles. The molecule has 3 nitrogen and oxygen atoms in total. The molecular formula is C15H22ClNO2. The van der Waals surface area contributed by atoms with Gasteiger partial charge in [0.15, 0.2) is 0 Å². The van der Waals surface area contributed by atoms with Gasteiger partial charge in [0.25, 0.3) is 0 Å². The third kappa shape index (κ3) is 6.08. The predicted octanol–water partition coefficient (Wildman–Crippen LogP) is 2.88. The van der Waals surface area contributed by atoms with Crippen LogP contribution in [0.25, 0.3) is 0 Å². The number of aliphatic hydroxyl groups excluding tert-OH is 1. The Morgan fingerprint density at radius 2 is 1.89 bits per heavy atom. The Labute approximate surface area is 120 Å². The standard InChI is InChI=1S/C15H22ClNO2/c1-15(2,3)9-12(18)10-17-14(19)13(16)11-7-5-4-6-8-11/h4-8,12-13,18H,9-10H2,1-3H3,(H,17,19). The van der Waals surface area contributed by atoms with Crippen LogP contribution in [-0.2, 0) is 4.79 Å². The maximum absolute atomic E-state index is 11.9. The molecule has 2 N–H and O–H groups in total. The van der Waals surface area contributed by atoms with Gasteiger partial charge in [0.1, 0.15) is 5.38 Å². The maximum atomic E-state index is 11.9. The van der Waals surface area contributed by atoms with Crippen molar-refractivity contribution in [3.05, 3.63) is 35.9 Å². The van der Waals surface area contributed by atoms with Crippen molar-refractivity contribution in [2.24, 2.45) is 5.41 Å². The van der Waals surface area contributed by atoms with Gasteiger partial charge in [-0.2, -0.15) is 0 Å². The number of hydrogen-bond acceptors (Lipinski definition) is 2. The van der Waals surface area contributed by atoms with E-state index in [1.165, 1.54) is 0 Å². The molecule has 2 unspecified atom stereocenters. The second-order valence-corrected chi connectivity index (χ2v) is 6.37. The predicted molar refractivity (Wildman–Crippen MR) is 78.1 cm³/mol. The van der Waals surface area contributed by atoms with Crippen LogP contribution in [0.3, 0.4) is 0 Å². The molecule has 1 aromatic carbocycles. The summed E-state index contributed by atoms with van der Waals surface area (Å²) in [5.41, 5.74) is 0.788. The number of alkyl halides is 1. The molecule has 0 saturated heterocycles. The Morgan fingerprint density at radius 3 is 2.42 bits per heavy atom. The molecule has 0 heterocycles. The van der Waals surface area contributed by atoms with E-state index in [0.29, 0.717) is 6.42 Å². The second kappa shape index (κ2) is 6.92. The van der Waals surface area contributed by atoms with E-state index in [4.69, 9.17) is 11.6 Å². The first-order chi connectivity index (χ1) is 8.79. The van der Waals surface area contributed by atoms with Crippen LogP contribution in [0.5, 0.6) is 0 Å².